The number of rotatable bonds is 8. The Balaban J connectivity index is 1.59. The molecule has 1 aliphatic heterocycles. The SMILES string of the molecule is C=C(Nc1ccnc(CC[C@H](C)CC)c1)N1CCCN(C)c2ccc(-c3cccc(F)c3)nc21. The molecule has 1 atom stereocenters. The number of benzene rings is 1. The second kappa shape index (κ2) is 10.7. The Kier molecular flexibility index (Phi) is 7.46. The molecule has 0 amide bonds. The van der Waals surface area contributed by atoms with E-state index in [1.165, 1.54) is 18.6 Å². The van der Waals surface area contributed by atoms with Crippen LogP contribution in [0.4, 0.5) is 21.6 Å². The Labute approximate surface area is 202 Å². The summed E-state index contributed by atoms with van der Waals surface area (Å²) in [4.78, 5) is 13.8. The van der Waals surface area contributed by atoms with Crippen LogP contribution < -0.4 is 15.1 Å². The molecule has 178 valence electrons. The molecule has 0 saturated carbocycles. The predicted molar refractivity (Wildman–Crippen MR) is 140 cm³/mol. The van der Waals surface area contributed by atoms with Crippen LogP contribution in [0.2, 0.25) is 0 Å². The number of halogens is 1. The summed E-state index contributed by atoms with van der Waals surface area (Å²) in [6.45, 7) is 10.6. The molecular formula is C28H34FN5. The van der Waals surface area contributed by atoms with Crippen molar-refractivity contribution < 1.29 is 4.39 Å². The zero-order chi connectivity index (χ0) is 24.1. The van der Waals surface area contributed by atoms with Crippen molar-refractivity contribution in [1.29, 1.82) is 0 Å². The van der Waals surface area contributed by atoms with Crippen LogP contribution in [-0.4, -0.2) is 30.1 Å². The third-order valence-corrected chi connectivity index (χ3v) is 6.54. The first-order chi connectivity index (χ1) is 16.4. The summed E-state index contributed by atoms with van der Waals surface area (Å²) in [5.41, 5.74) is 4.58. The number of aromatic nitrogens is 2. The van der Waals surface area contributed by atoms with Gasteiger partial charge in [0.05, 0.1) is 11.4 Å². The van der Waals surface area contributed by atoms with E-state index in [1.54, 1.807) is 6.07 Å². The van der Waals surface area contributed by atoms with Gasteiger partial charge in [-0.25, -0.2) is 9.37 Å². The minimum Gasteiger partial charge on any atom is -0.372 e. The molecule has 0 radical (unpaired) electrons. The van der Waals surface area contributed by atoms with Gasteiger partial charge in [0.15, 0.2) is 5.82 Å². The molecule has 0 unspecified atom stereocenters. The van der Waals surface area contributed by atoms with Gasteiger partial charge in [0, 0.05) is 43.3 Å². The second-order valence-electron chi connectivity index (χ2n) is 9.14. The fourth-order valence-electron chi connectivity index (χ4n) is 4.23. The molecule has 1 N–H and O–H groups in total. The van der Waals surface area contributed by atoms with Crippen molar-refractivity contribution in [3.8, 4) is 11.3 Å². The van der Waals surface area contributed by atoms with Crippen molar-refractivity contribution in [3.05, 3.63) is 78.6 Å². The van der Waals surface area contributed by atoms with E-state index in [0.29, 0.717) is 5.92 Å². The van der Waals surface area contributed by atoms with Gasteiger partial charge in [0.1, 0.15) is 11.6 Å². The van der Waals surface area contributed by atoms with E-state index in [1.807, 2.05) is 24.4 Å². The van der Waals surface area contributed by atoms with E-state index >= 15 is 0 Å². The summed E-state index contributed by atoms with van der Waals surface area (Å²) in [6, 6.07) is 14.7. The third-order valence-electron chi connectivity index (χ3n) is 6.54. The van der Waals surface area contributed by atoms with Crippen molar-refractivity contribution in [2.75, 3.05) is 35.3 Å². The molecule has 1 aromatic carbocycles. The summed E-state index contributed by atoms with van der Waals surface area (Å²) >= 11 is 0. The Bertz CT molecular complexity index is 1150. The van der Waals surface area contributed by atoms with Crippen LogP contribution in [-0.2, 0) is 6.42 Å². The van der Waals surface area contributed by atoms with E-state index in [4.69, 9.17) is 4.98 Å². The van der Waals surface area contributed by atoms with E-state index in [0.717, 1.165) is 72.3 Å². The topological polar surface area (TPSA) is 44.3 Å². The Morgan fingerprint density at radius 1 is 1.18 bits per heavy atom. The van der Waals surface area contributed by atoms with E-state index in [9.17, 15) is 4.39 Å². The minimum absolute atomic E-state index is 0.267. The van der Waals surface area contributed by atoms with Crippen molar-refractivity contribution in [2.45, 2.75) is 39.5 Å². The number of nitrogens with one attached hydrogen (secondary N) is 1. The number of hydrogen-bond donors (Lipinski definition) is 1. The molecule has 3 heterocycles. The van der Waals surface area contributed by atoms with Crippen LogP contribution in [0.25, 0.3) is 11.3 Å². The van der Waals surface area contributed by atoms with Gasteiger partial charge in [-0.2, -0.15) is 0 Å². The zero-order valence-corrected chi connectivity index (χ0v) is 20.4. The summed E-state index contributed by atoms with van der Waals surface area (Å²) in [5, 5.41) is 3.48. The van der Waals surface area contributed by atoms with E-state index in [2.05, 4.69) is 59.7 Å². The molecule has 0 spiro atoms. The molecule has 0 bridgehead atoms. The molecule has 1 aliphatic rings. The van der Waals surface area contributed by atoms with E-state index < -0.39 is 0 Å². The van der Waals surface area contributed by atoms with Crippen molar-refractivity contribution in [3.63, 3.8) is 0 Å². The average Bonchev–Trinajstić information content (AvgIpc) is 3.01. The van der Waals surface area contributed by atoms with Gasteiger partial charge in [-0.05, 0) is 61.6 Å². The highest BCUT2D eigenvalue weighted by molar-refractivity contribution is 5.75. The molecule has 4 rings (SSSR count). The lowest BCUT2D eigenvalue weighted by molar-refractivity contribution is 0.513. The van der Waals surface area contributed by atoms with Gasteiger partial charge in [-0.1, -0.05) is 39.0 Å². The van der Waals surface area contributed by atoms with Gasteiger partial charge in [-0.15, -0.1) is 0 Å². The highest BCUT2D eigenvalue weighted by atomic mass is 19.1. The molecule has 3 aromatic rings. The third kappa shape index (κ3) is 5.56. The highest BCUT2D eigenvalue weighted by Crippen LogP contribution is 2.34. The van der Waals surface area contributed by atoms with Crippen LogP contribution >= 0.6 is 0 Å². The van der Waals surface area contributed by atoms with Crippen LogP contribution in [0, 0.1) is 11.7 Å². The Hall–Kier alpha value is -3.41. The smallest absolute Gasteiger partial charge is 0.158 e. The fourth-order valence-corrected chi connectivity index (χ4v) is 4.23. The average molecular weight is 460 g/mol. The standard InChI is InChI=1S/C28H34FN5/c1-5-20(2)10-11-24-19-25(14-15-30-24)31-21(3)34-17-7-16-33(4)27-13-12-26(32-28(27)34)22-8-6-9-23(29)18-22/h6,8-9,12-15,18-20H,3,5,7,10-11,16-17H2,1-2,4H3,(H,30,31)/t20-/m1/s1. The second-order valence-corrected chi connectivity index (χ2v) is 9.14. The van der Waals surface area contributed by atoms with Crippen LogP contribution in [0.3, 0.4) is 0 Å². The maximum atomic E-state index is 13.8. The maximum absolute atomic E-state index is 13.8. The molecule has 5 nitrogen and oxygen atoms in total. The number of pyridine rings is 2. The number of anilines is 3. The van der Waals surface area contributed by atoms with Gasteiger partial charge in [-0.3, -0.25) is 4.98 Å². The quantitative estimate of drug-likeness (QED) is 0.417. The molecular weight excluding hydrogens is 425 g/mol. The Morgan fingerprint density at radius 2 is 2.03 bits per heavy atom. The predicted octanol–water partition coefficient (Wildman–Crippen LogP) is 6.49. The molecule has 6 heteroatoms. The summed E-state index contributed by atoms with van der Waals surface area (Å²) in [5.74, 6) is 2.01. The summed E-state index contributed by atoms with van der Waals surface area (Å²) in [6.07, 6.45) is 6.10. The van der Waals surface area contributed by atoms with Gasteiger partial charge in [0.25, 0.3) is 0 Å². The minimum atomic E-state index is -0.267. The van der Waals surface area contributed by atoms with Gasteiger partial charge in [0.2, 0.25) is 0 Å². The van der Waals surface area contributed by atoms with Crippen LogP contribution in [0.1, 0.15) is 38.8 Å². The van der Waals surface area contributed by atoms with Crippen molar-refractivity contribution in [2.24, 2.45) is 5.92 Å². The summed E-state index contributed by atoms with van der Waals surface area (Å²) < 4.78 is 13.8. The first kappa shape index (κ1) is 23.7. The van der Waals surface area contributed by atoms with Crippen LogP contribution in [0.15, 0.2) is 67.1 Å². The van der Waals surface area contributed by atoms with Crippen molar-refractivity contribution >= 4 is 17.2 Å². The number of hydrogen-bond acceptors (Lipinski definition) is 5. The Morgan fingerprint density at radius 3 is 2.82 bits per heavy atom. The van der Waals surface area contributed by atoms with Gasteiger partial charge < -0.3 is 15.1 Å². The lowest BCUT2D eigenvalue weighted by atomic mass is 10.0. The molecule has 0 fully saturated rings. The summed E-state index contributed by atoms with van der Waals surface area (Å²) in [7, 11) is 2.08. The monoisotopic (exact) mass is 459 g/mol. The number of nitrogens with zero attached hydrogens (tertiary/aromatic N) is 4. The molecule has 0 saturated heterocycles. The van der Waals surface area contributed by atoms with Crippen LogP contribution in [0.5, 0.6) is 0 Å². The first-order valence-corrected chi connectivity index (χ1v) is 12.1. The van der Waals surface area contributed by atoms with Crippen molar-refractivity contribution in [1.82, 2.24) is 9.97 Å². The number of fused-ring (bicyclic) bond motifs is 1. The lowest BCUT2D eigenvalue weighted by Gasteiger charge is -2.27. The first-order valence-electron chi connectivity index (χ1n) is 12.1. The maximum Gasteiger partial charge on any atom is 0.158 e. The largest absolute Gasteiger partial charge is 0.372 e. The zero-order valence-electron chi connectivity index (χ0n) is 20.4. The number of aryl methyl sites for hydroxylation is 1. The highest BCUT2D eigenvalue weighted by Gasteiger charge is 2.23. The fraction of sp³-hybridized carbons (Fsp3) is 0.357. The molecule has 34 heavy (non-hydrogen) atoms. The van der Waals surface area contributed by atoms with Gasteiger partial charge >= 0.3 is 0 Å². The molecule has 0 aliphatic carbocycles. The normalized spacial score (nSPS) is 14.4. The molecule has 2 aromatic heterocycles. The van der Waals surface area contributed by atoms with E-state index in [-0.39, 0.29) is 5.82 Å². The lowest BCUT2D eigenvalue weighted by Crippen LogP contribution is -2.28.